The van der Waals surface area contributed by atoms with Crippen molar-refractivity contribution in [2.45, 2.75) is 40.0 Å². The van der Waals surface area contributed by atoms with Gasteiger partial charge >= 0.3 is 8.07 Å². The van der Waals surface area contributed by atoms with E-state index in [0.717, 1.165) is 0 Å². The Bertz CT molecular complexity index is 408. The van der Waals surface area contributed by atoms with E-state index in [4.69, 9.17) is 14.2 Å². The summed E-state index contributed by atoms with van der Waals surface area (Å²) in [6, 6.07) is 0. The first-order valence-corrected chi connectivity index (χ1v) is 9.89. The molecule has 0 saturated heterocycles. The fourth-order valence-corrected chi connectivity index (χ4v) is 4.33. The van der Waals surface area contributed by atoms with E-state index in [2.05, 4.69) is 22.0 Å². The molecule has 0 aliphatic rings. The molecular weight excluding hydrogens is 334 g/mol. The van der Waals surface area contributed by atoms with Crippen LogP contribution in [-0.2, 0) is 14.2 Å². The second-order valence-corrected chi connectivity index (χ2v) is 8.08. The van der Waals surface area contributed by atoms with E-state index < -0.39 is 8.07 Å². The maximum atomic E-state index is 9.42. The highest BCUT2D eigenvalue weighted by Crippen LogP contribution is 2.18. The molecule has 0 unspecified atom stereocenters. The third kappa shape index (κ3) is 5.15. The highest BCUT2D eigenvalue weighted by atomic mass is 28.3. The van der Waals surface area contributed by atoms with Crippen LogP contribution in [-0.4, -0.2) is 60.1 Å². The number of hydrogen-bond donors (Lipinski definition) is 3. The molecule has 0 radical (unpaired) electrons. The molecule has 0 aromatic carbocycles. The van der Waals surface area contributed by atoms with Crippen LogP contribution in [0.4, 0.5) is 0 Å². The molecule has 0 fully saturated rings. The summed E-state index contributed by atoms with van der Waals surface area (Å²) in [5.41, 5.74) is 0.735. The van der Waals surface area contributed by atoms with Gasteiger partial charge in [0.15, 0.2) is 0 Å². The van der Waals surface area contributed by atoms with Crippen LogP contribution < -0.4 is 0 Å². The number of ether oxygens (including phenoxy) is 3. The zero-order valence-electron chi connectivity index (χ0n) is 14.4. The summed E-state index contributed by atoms with van der Waals surface area (Å²) < 4.78 is 16.4. The smallest absolute Gasteiger partial charge is 0.381 e. The largest absolute Gasteiger partial charge is 0.481 e. The van der Waals surface area contributed by atoms with Crippen molar-refractivity contribution in [1.29, 1.82) is 0 Å². The number of rotatable bonds is 10. The third-order valence-corrected chi connectivity index (χ3v) is 6.29. The fourth-order valence-electron chi connectivity index (χ4n) is 1.80. The second kappa shape index (κ2) is 12.2. The minimum absolute atomic E-state index is 0.202. The fraction of sp³-hybridized carbons (Fsp3) is 0.643. The molecule has 0 bridgehead atoms. The van der Waals surface area contributed by atoms with Crippen molar-refractivity contribution in [2.24, 2.45) is 15.5 Å². The highest BCUT2D eigenvalue weighted by molar-refractivity contribution is 7.42. The summed E-state index contributed by atoms with van der Waals surface area (Å²) in [6.07, 6.45) is 1.93. The molecule has 138 valence electrons. The maximum Gasteiger partial charge on any atom is 0.381 e. The normalized spacial score (nSPS) is 15.5. The Labute approximate surface area is 142 Å². The first-order valence-electron chi connectivity index (χ1n) is 7.82. The molecular formula is C14H27N3O6Si. The van der Waals surface area contributed by atoms with Gasteiger partial charge in [0.25, 0.3) is 0 Å². The molecule has 0 saturated carbocycles. The second-order valence-electron chi connectivity index (χ2n) is 4.77. The van der Waals surface area contributed by atoms with Crippen molar-refractivity contribution in [3.05, 3.63) is 12.3 Å². The van der Waals surface area contributed by atoms with Gasteiger partial charge in [0.2, 0.25) is 16.6 Å². The van der Waals surface area contributed by atoms with Gasteiger partial charge in [-0.05, 0) is 19.3 Å². The molecule has 0 spiro atoms. The predicted octanol–water partition coefficient (Wildman–Crippen LogP) is 2.42. The summed E-state index contributed by atoms with van der Waals surface area (Å²) in [5.74, 6) is 0. The SMILES string of the molecule is C=C[Si](C(=NO)OCCC)(C(=NO)OCCC)C(=NO)OCCC. The summed E-state index contributed by atoms with van der Waals surface area (Å²) >= 11 is 0. The lowest BCUT2D eigenvalue weighted by Crippen LogP contribution is -2.61. The van der Waals surface area contributed by atoms with Crippen LogP contribution in [0.2, 0.25) is 0 Å². The van der Waals surface area contributed by atoms with Crippen LogP contribution in [0.5, 0.6) is 0 Å². The summed E-state index contributed by atoms with van der Waals surface area (Å²) in [7, 11) is -3.67. The maximum absolute atomic E-state index is 9.42. The Morgan fingerprint density at radius 3 is 1.25 bits per heavy atom. The van der Waals surface area contributed by atoms with Crippen LogP contribution in [0, 0.1) is 0 Å². The third-order valence-electron chi connectivity index (χ3n) is 2.92. The molecule has 10 heteroatoms. The van der Waals surface area contributed by atoms with E-state index in [-0.39, 0.29) is 36.4 Å². The monoisotopic (exact) mass is 361 g/mol. The molecule has 0 atom stereocenters. The first kappa shape index (κ1) is 21.8. The summed E-state index contributed by atoms with van der Waals surface area (Å²) in [4.78, 5) is 0. The van der Waals surface area contributed by atoms with Gasteiger partial charge in [-0.3, -0.25) is 0 Å². The Morgan fingerprint density at radius 1 is 0.792 bits per heavy atom. The minimum atomic E-state index is -3.67. The van der Waals surface area contributed by atoms with Gasteiger partial charge in [0.1, 0.15) is 0 Å². The lowest BCUT2D eigenvalue weighted by Gasteiger charge is -2.27. The highest BCUT2D eigenvalue weighted by Gasteiger charge is 2.56. The average molecular weight is 361 g/mol. The van der Waals surface area contributed by atoms with Crippen LogP contribution in [0.25, 0.3) is 0 Å². The summed E-state index contributed by atoms with van der Waals surface area (Å²) in [5, 5.41) is 37.8. The van der Waals surface area contributed by atoms with Crippen LogP contribution >= 0.6 is 0 Å². The number of oxime groups is 3. The van der Waals surface area contributed by atoms with E-state index in [9.17, 15) is 15.6 Å². The molecule has 3 N–H and O–H groups in total. The number of hydrogen-bond acceptors (Lipinski definition) is 9. The van der Waals surface area contributed by atoms with Crippen molar-refractivity contribution in [2.75, 3.05) is 19.8 Å². The Morgan fingerprint density at radius 2 is 1.08 bits per heavy atom. The molecule has 0 amide bonds. The van der Waals surface area contributed by atoms with Crippen molar-refractivity contribution in [1.82, 2.24) is 0 Å². The van der Waals surface area contributed by atoms with Gasteiger partial charge in [-0.1, -0.05) is 41.9 Å². The van der Waals surface area contributed by atoms with Crippen LogP contribution in [0.3, 0.4) is 0 Å². The van der Waals surface area contributed by atoms with Crippen molar-refractivity contribution in [3.63, 3.8) is 0 Å². The lowest BCUT2D eigenvalue weighted by atomic mass is 10.5. The lowest BCUT2D eigenvalue weighted by molar-refractivity contribution is 0.247. The van der Waals surface area contributed by atoms with Crippen molar-refractivity contribution >= 4 is 24.6 Å². The van der Waals surface area contributed by atoms with E-state index in [1.807, 2.05) is 20.8 Å². The van der Waals surface area contributed by atoms with Crippen LogP contribution in [0.1, 0.15) is 40.0 Å². The van der Waals surface area contributed by atoms with Crippen molar-refractivity contribution < 1.29 is 29.8 Å². The molecule has 0 aliphatic carbocycles. The zero-order chi connectivity index (χ0) is 18.4. The standard InChI is InChI=1S/C14H27N3O6Si/c1-5-9-21-12(15-18)24(8-4,13(16-19)22-10-6-2)14(17-20)23-11-7-3/h8,18-20H,4-7,9-11H2,1-3H3. The Balaban J connectivity index is 6.13. The Kier molecular flexibility index (Phi) is 11.1. The van der Waals surface area contributed by atoms with E-state index in [1.54, 1.807) is 0 Å². The van der Waals surface area contributed by atoms with Gasteiger partial charge < -0.3 is 29.8 Å². The minimum Gasteiger partial charge on any atom is -0.481 e. The van der Waals surface area contributed by atoms with Gasteiger partial charge in [-0.25, -0.2) is 0 Å². The van der Waals surface area contributed by atoms with E-state index >= 15 is 0 Å². The molecule has 24 heavy (non-hydrogen) atoms. The van der Waals surface area contributed by atoms with Gasteiger partial charge in [-0.15, -0.1) is 6.58 Å². The van der Waals surface area contributed by atoms with Gasteiger partial charge in [-0.2, -0.15) is 0 Å². The number of nitrogens with zero attached hydrogens (tertiary/aromatic N) is 3. The van der Waals surface area contributed by atoms with Crippen molar-refractivity contribution in [3.8, 4) is 0 Å². The molecule has 0 heterocycles. The van der Waals surface area contributed by atoms with Gasteiger partial charge in [0.05, 0.1) is 19.8 Å². The van der Waals surface area contributed by atoms with E-state index in [1.165, 1.54) is 5.70 Å². The quantitative estimate of drug-likeness (QED) is 0.180. The molecule has 0 aliphatic heterocycles. The Hall–Kier alpha value is -2.23. The van der Waals surface area contributed by atoms with Gasteiger partial charge in [0, 0.05) is 0 Å². The topological polar surface area (TPSA) is 125 Å². The molecule has 9 nitrogen and oxygen atoms in total. The zero-order valence-corrected chi connectivity index (χ0v) is 15.4. The first-order chi connectivity index (χ1) is 11.6. The predicted molar refractivity (Wildman–Crippen MR) is 92.3 cm³/mol. The summed E-state index contributed by atoms with van der Waals surface area (Å²) in [6.45, 7) is 10.0. The average Bonchev–Trinajstić information content (AvgIpc) is 2.62. The molecule has 0 aromatic rings. The molecule has 0 aromatic heterocycles. The molecule has 0 rings (SSSR count). The van der Waals surface area contributed by atoms with Crippen LogP contribution in [0.15, 0.2) is 27.7 Å². The van der Waals surface area contributed by atoms with E-state index in [0.29, 0.717) is 19.3 Å².